The van der Waals surface area contributed by atoms with Gasteiger partial charge in [-0.25, -0.2) is 4.39 Å². The largest absolute Gasteiger partial charge is 0.380 e. The van der Waals surface area contributed by atoms with E-state index in [1.165, 1.54) is 10.9 Å². The minimum atomic E-state index is -0.248. The minimum Gasteiger partial charge on any atom is -0.380 e. The number of nitrogens with zero attached hydrogens (tertiary/aromatic N) is 2. The van der Waals surface area contributed by atoms with E-state index in [4.69, 9.17) is 9.47 Å². The number of halogens is 1. The van der Waals surface area contributed by atoms with Crippen LogP contribution >= 0.6 is 11.3 Å². The summed E-state index contributed by atoms with van der Waals surface area (Å²) in [6.45, 7) is 4.94. The normalized spacial score (nSPS) is 16.6. The Kier molecular flexibility index (Phi) is 8.42. The molecule has 158 valence electrons. The first-order valence-electron chi connectivity index (χ1n) is 9.77. The summed E-state index contributed by atoms with van der Waals surface area (Å²) in [5, 5.41) is 8.87. The lowest BCUT2D eigenvalue weighted by Gasteiger charge is -2.34. The first-order valence-corrected chi connectivity index (χ1v) is 10.6. The van der Waals surface area contributed by atoms with Gasteiger partial charge >= 0.3 is 0 Å². The minimum absolute atomic E-state index is 0.248. The van der Waals surface area contributed by atoms with Crippen LogP contribution in [0.4, 0.5) is 4.39 Å². The summed E-state index contributed by atoms with van der Waals surface area (Å²) in [5.41, 5.74) is 1.53. The van der Waals surface area contributed by atoms with Gasteiger partial charge in [0, 0.05) is 50.8 Å². The second-order valence-electron chi connectivity index (χ2n) is 6.85. The molecule has 8 heteroatoms. The van der Waals surface area contributed by atoms with Crippen LogP contribution in [0.3, 0.4) is 0 Å². The topological polar surface area (TPSA) is 58.1 Å². The van der Waals surface area contributed by atoms with E-state index < -0.39 is 0 Å². The van der Waals surface area contributed by atoms with Crippen LogP contribution in [0.2, 0.25) is 0 Å². The van der Waals surface area contributed by atoms with Crippen LogP contribution in [0.15, 0.2) is 40.7 Å². The number of methoxy groups -OCH3 is 1. The Morgan fingerprint density at radius 3 is 2.83 bits per heavy atom. The summed E-state index contributed by atoms with van der Waals surface area (Å²) >= 11 is 1.77. The quantitative estimate of drug-likeness (QED) is 0.508. The summed E-state index contributed by atoms with van der Waals surface area (Å²) in [7, 11) is 3.32. The number of thiophene rings is 1. The molecular weight excluding hydrogens is 391 g/mol. The van der Waals surface area contributed by atoms with Gasteiger partial charge in [-0.05, 0) is 29.1 Å². The zero-order chi connectivity index (χ0) is 20.5. The molecule has 1 aliphatic heterocycles. The molecule has 1 aromatic carbocycles. The van der Waals surface area contributed by atoms with Gasteiger partial charge in [-0.15, -0.1) is 11.3 Å². The molecule has 1 aliphatic rings. The predicted octanol–water partition coefficient (Wildman–Crippen LogP) is 2.77. The molecule has 0 saturated carbocycles. The van der Waals surface area contributed by atoms with Crippen molar-refractivity contribution in [2.24, 2.45) is 4.99 Å². The monoisotopic (exact) mass is 420 g/mol. The maximum atomic E-state index is 13.8. The van der Waals surface area contributed by atoms with E-state index in [2.05, 4.69) is 38.0 Å². The van der Waals surface area contributed by atoms with Crippen molar-refractivity contribution >= 4 is 17.3 Å². The van der Waals surface area contributed by atoms with Crippen molar-refractivity contribution in [1.29, 1.82) is 0 Å². The Balaban J connectivity index is 1.58. The van der Waals surface area contributed by atoms with Crippen LogP contribution in [-0.4, -0.2) is 57.9 Å². The van der Waals surface area contributed by atoms with Gasteiger partial charge in [0.25, 0.3) is 0 Å². The maximum absolute atomic E-state index is 13.8. The van der Waals surface area contributed by atoms with E-state index in [9.17, 15) is 4.39 Å². The van der Waals surface area contributed by atoms with Crippen LogP contribution in [0.1, 0.15) is 22.0 Å². The molecule has 0 amide bonds. The molecule has 2 N–H and O–H groups in total. The third-order valence-corrected chi connectivity index (χ3v) is 5.89. The summed E-state index contributed by atoms with van der Waals surface area (Å²) in [6.07, 6.45) is 0. The van der Waals surface area contributed by atoms with Gasteiger partial charge in [-0.3, -0.25) is 9.89 Å². The van der Waals surface area contributed by atoms with E-state index >= 15 is 0 Å². The fourth-order valence-electron chi connectivity index (χ4n) is 3.38. The average molecular weight is 421 g/mol. The number of hydrogen-bond donors (Lipinski definition) is 2. The van der Waals surface area contributed by atoms with Crippen LogP contribution in [0, 0.1) is 5.82 Å². The highest BCUT2D eigenvalue weighted by Gasteiger charge is 2.23. The fourth-order valence-corrected chi connectivity index (χ4v) is 4.24. The molecular formula is C21H29FN4O2S. The van der Waals surface area contributed by atoms with Gasteiger partial charge in [0.2, 0.25) is 0 Å². The summed E-state index contributed by atoms with van der Waals surface area (Å²) < 4.78 is 24.4. The Morgan fingerprint density at radius 1 is 1.31 bits per heavy atom. The lowest BCUT2D eigenvalue weighted by Crippen LogP contribution is -2.46. The molecule has 3 rings (SSSR count). The summed E-state index contributed by atoms with van der Waals surface area (Å²) in [6, 6.07) is 9.62. The molecule has 1 fully saturated rings. The molecule has 6 nitrogen and oxygen atoms in total. The zero-order valence-electron chi connectivity index (χ0n) is 17.0. The van der Waals surface area contributed by atoms with Crippen LogP contribution < -0.4 is 10.6 Å². The van der Waals surface area contributed by atoms with E-state index in [0.717, 1.165) is 44.4 Å². The summed E-state index contributed by atoms with van der Waals surface area (Å²) in [5.74, 6) is 0.472. The van der Waals surface area contributed by atoms with Crippen LogP contribution in [-0.2, 0) is 22.6 Å². The predicted molar refractivity (Wildman–Crippen MR) is 115 cm³/mol. The van der Waals surface area contributed by atoms with Crippen LogP contribution in [0.25, 0.3) is 0 Å². The summed E-state index contributed by atoms with van der Waals surface area (Å²) in [4.78, 5) is 8.12. The highest BCUT2D eigenvalue weighted by Crippen LogP contribution is 2.25. The van der Waals surface area contributed by atoms with Gasteiger partial charge in [0.15, 0.2) is 5.96 Å². The van der Waals surface area contributed by atoms with Crippen molar-refractivity contribution in [3.05, 3.63) is 57.5 Å². The lowest BCUT2D eigenvalue weighted by atomic mass is 10.1. The molecule has 1 atom stereocenters. The van der Waals surface area contributed by atoms with Crippen molar-refractivity contribution in [2.75, 3.05) is 47.0 Å². The Bertz CT molecular complexity index is 779. The number of guanidine groups is 1. The second kappa shape index (κ2) is 11.3. The molecule has 0 aliphatic carbocycles. The van der Waals surface area contributed by atoms with E-state index in [1.807, 2.05) is 6.07 Å². The van der Waals surface area contributed by atoms with Gasteiger partial charge in [-0.1, -0.05) is 12.1 Å². The average Bonchev–Trinajstić information content (AvgIpc) is 3.28. The van der Waals surface area contributed by atoms with Gasteiger partial charge < -0.3 is 20.1 Å². The molecule has 0 radical (unpaired) electrons. The Labute approximate surface area is 175 Å². The van der Waals surface area contributed by atoms with E-state index in [-0.39, 0.29) is 18.5 Å². The van der Waals surface area contributed by atoms with Crippen molar-refractivity contribution in [2.45, 2.75) is 19.2 Å². The second-order valence-corrected chi connectivity index (χ2v) is 7.82. The molecule has 29 heavy (non-hydrogen) atoms. The number of ether oxygens (including phenoxy) is 2. The zero-order valence-corrected chi connectivity index (χ0v) is 17.8. The third kappa shape index (κ3) is 6.24. The molecule has 2 heterocycles. The van der Waals surface area contributed by atoms with Gasteiger partial charge in [0.1, 0.15) is 5.82 Å². The molecule has 1 aromatic heterocycles. The molecule has 2 aromatic rings. The van der Waals surface area contributed by atoms with E-state index in [1.54, 1.807) is 31.6 Å². The smallest absolute Gasteiger partial charge is 0.191 e. The third-order valence-electron chi connectivity index (χ3n) is 4.91. The lowest BCUT2D eigenvalue weighted by molar-refractivity contribution is 0.0177. The Morgan fingerprint density at radius 2 is 2.14 bits per heavy atom. The van der Waals surface area contributed by atoms with E-state index in [0.29, 0.717) is 12.1 Å². The fraction of sp³-hybridized carbons (Fsp3) is 0.476. The number of morpholine rings is 1. The number of rotatable bonds is 8. The van der Waals surface area contributed by atoms with Crippen molar-refractivity contribution < 1.29 is 13.9 Å². The first kappa shape index (κ1) is 21.7. The molecule has 1 saturated heterocycles. The number of nitrogens with one attached hydrogen (secondary N) is 2. The number of benzene rings is 1. The van der Waals surface area contributed by atoms with Crippen molar-refractivity contribution in [3.63, 3.8) is 0 Å². The van der Waals surface area contributed by atoms with Gasteiger partial charge in [-0.2, -0.15) is 0 Å². The SMILES string of the molecule is CN=C(NCc1ccc(F)c(COC)c1)NCC(c1cccs1)N1CCOCC1. The maximum Gasteiger partial charge on any atom is 0.191 e. The first-order chi connectivity index (χ1) is 14.2. The van der Waals surface area contributed by atoms with Crippen LogP contribution in [0.5, 0.6) is 0 Å². The van der Waals surface area contributed by atoms with Crippen molar-refractivity contribution in [3.8, 4) is 0 Å². The van der Waals surface area contributed by atoms with Gasteiger partial charge in [0.05, 0.1) is 25.9 Å². The standard InChI is InChI=1S/C21H29FN4O2S/c1-23-21(24-13-16-5-6-18(22)17(12-16)15-27-2)25-14-19(20-4-3-11-29-20)26-7-9-28-10-8-26/h3-6,11-12,19H,7-10,13-15H2,1-2H3,(H2,23,24,25). The highest BCUT2D eigenvalue weighted by atomic mass is 32.1. The Hall–Kier alpha value is -2.00. The number of aliphatic imine (C=N–C) groups is 1. The highest BCUT2D eigenvalue weighted by molar-refractivity contribution is 7.10. The van der Waals surface area contributed by atoms with Crippen molar-refractivity contribution in [1.82, 2.24) is 15.5 Å². The molecule has 1 unspecified atom stereocenters. The number of hydrogen-bond acceptors (Lipinski definition) is 5. The molecule has 0 spiro atoms. The molecule has 0 bridgehead atoms.